The quantitative estimate of drug-likeness (QED) is 0.717. The maximum atomic E-state index is 3.42. The fourth-order valence-electron chi connectivity index (χ4n) is 2.84. The zero-order valence-electron chi connectivity index (χ0n) is 13.1. The third-order valence-corrected chi connectivity index (χ3v) is 4.23. The summed E-state index contributed by atoms with van der Waals surface area (Å²) >= 11 is 0. The molecular weight excluding hydrogens is 242 g/mol. The molecular formula is C19H27N. The monoisotopic (exact) mass is 269 g/mol. The summed E-state index contributed by atoms with van der Waals surface area (Å²) in [5, 5.41) is 6.22. The number of aryl methyl sites for hydroxylation is 2. The maximum absolute atomic E-state index is 3.42. The van der Waals surface area contributed by atoms with E-state index in [1.54, 1.807) is 5.56 Å². The van der Waals surface area contributed by atoms with Gasteiger partial charge in [-0.05, 0) is 67.1 Å². The van der Waals surface area contributed by atoms with Crippen LogP contribution in [0.1, 0.15) is 37.8 Å². The Morgan fingerprint density at radius 2 is 1.85 bits per heavy atom. The van der Waals surface area contributed by atoms with Crippen molar-refractivity contribution in [3.63, 3.8) is 0 Å². The zero-order chi connectivity index (χ0) is 14.4. The fourth-order valence-corrected chi connectivity index (χ4v) is 2.84. The van der Waals surface area contributed by atoms with Crippen LogP contribution in [0.15, 0.2) is 36.4 Å². The summed E-state index contributed by atoms with van der Waals surface area (Å²) in [4.78, 5) is 0. The fraction of sp³-hybridized carbons (Fsp3) is 0.474. The zero-order valence-corrected chi connectivity index (χ0v) is 13.1. The number of benzene rings is 2. The average molecular weight is 269 g/mol. The van der Waals surface area contributed by atoms with E-state index in [1.165, 1.54) is 35.6 Å². The van der Waals surface area contributed by atoms with E-state index in [-0.39, 0.29) is 0 Å². The van der Waals surface area contributed by atoms with Crippen LogP contribution in [0.3, 0.4) is 0 Å². The third kappa shape index (κ3) is 3.83. The number of rotatable bonds is 7. The molecule has 0 aliphatic heterocycles. The van der Waals surface area contributed by atoms with Crippen LogP contribution in [-0.2, 0) is 6.42 Å². The molecule has 0 aliphatic carbocycles. The topological polar surface area (TPSA) is 12.0 Å². The van der Waals surface area contributed by atoms with Gasteiger partial charge in [0, 0.05) is 0 Å². The Labute approximate surface area is 123 Å². The minimum atomic E-state index is 0.785. The molecule has 0 amide bonds. The van der Waals surface area contributed by atoms with Gasteiger partial charge in [-0.1, -0.05) is 50.2 Å². The van der Waals surface area contributed by atoms with Crippen molar-refractivity contribution in [2.75, 3.05) is 13.1 Å². The Morgan fingerprint density at radius 1 is 1.05 bits per heavy atom. The number of hydrogen-bond acceptors (Lipinski definition) is 1. The van der Waals surface area contributed by atoms with Gasteiger partial charge in [-0.25, -0.2) is 0 Å². The Balaban J connectivity index is 2.04. The highest BCUT2D eigenvalue weighted by Crippen LogP contribution is 2.24. The second-order valence-corrected chi connectivity index (χ2v) is 5.87. The Hall–Kier alpha value is -1.34. The molecule has 1 atom stereocenters. The first-order valence-electron chi connectivity index (χ1n) is 7.90. The first-order valence-corrected chi connectivity index (χ1v) is 7.90. The minimum Gasteiger partial charge on any atom is -0.317 e. The molecule has 2 rings (SSSR count). The lowest BCUT2D eigenvalue weighted by Crippen LogP contribution is -2.16. The number of nitrogens with one attached hydrogen (secondary N) is 1. The minimum absolute atomic E-state index is 0.785. The summed E-state index contributed by atoms with van der Waals surface area (Å²) in [6.45, 7) is 9.01. The van der Waals surface area contributed by atoms with Gasteiger partial charge in [0.25, 0.3) is 0 Å². The smallest absolute Gasteiger partial charge is 0.00465 e. The van der Waals surface area contributed by atoms with Crippen molar-refractivity contribution >= 4 is 10.8 Å². The van der Waals surface area contributed by atoms with Gasteiger partial charge in [0.2, 0.25) is 0 Å². The van der Waals surface area contributed by atoms with E-state index >= 15 is 0 Å². The van der Waals surface area contributed by atoms with Crippen molar-refractivity contribution < 1.29 is 0 Å². The normalized spacial score (nSPS) is 12.8. The first-order chi connectivity index (χ1) is 9.72. The van der Waals surface area contributed by atoms with Crippen LogP contribution >= 0.6 is 0 Å². The molecule has 0 heterocycles. The van der Waals surface area contributed by atoms with Crippen molar-refractivity contribution in [2.45, 2.75) is 40.0 Å². The van der Waals surface area contributed by atoms with E-state index in [2.05, 4.69) is 62.5 Å². The van der Waals surface area contributed by atoms with Crippen LogP contribution in [0.2, 0.25) is 0 Å². The maximum Gasteiger partial charge on any atom is -0.00465 e. The van der Waals surface area contributed by atoms with Crippen LogP contribution in [0.25, 0.3) is 10.8 Å². The Kier molecular flexibility index (Phi) is 5.60. The van der Waals surface area contributed by atoms with Crippen LogP contribution in [-0.4, -0.2) is 13.1 Å². The molecule has 0 spiro atoms. The summed E-state index contributed by atoms with van der Waals surface area (Å²) in [5.74, 6) is 0.785. The van der Waals surface area contributed by atoms with Gasteiger partial charge in [-0.2, -0.15) is 0 Å². The van der Waals surface area contributed by atoms with Crippen LogP contribution in [0.5, 0.6) is 0 Å². The van der Waals surface area contributed by atoms with Gasteiger partial charge in [0.05, 0.1) is 0 Å². The molecule has 0 saturated carbocycles. The van der Waals surface area contributed by atoms with Gasteiger partial charge in [-0.3, -0.25) is 0 Å². The van der Waals surface area contributed by atoms with Gasteiger partial charge in [-0.15, -0.1) is 0 Å². The lowest BCUT2D eigenvalue weighted by molar-refractivity contribution is 0.474. The standard InChI is InChI=1S/C19H27N/c1-4-20-14-13-15(2)9-12-18-16(3)10-11-17-7-5-6-8-19(17)18/h5-8,10-11,15,20H,4,9,12-14H2,1-3H3. The molecule has 2 aromatic rings. The first kappa shape index (κ1) is 15.1. The van der Waals surface area contributed by atoms with Gasteiger partial charge >= 0.3 is 0 Å². The number of hydrogen-bond donors (Lipinski definition) is 1. The van der Waals surface area contributed by atoms with Gasteiger partial charge < -0.3 is 5.32 Å². The molecule has 0 saturated heterocycles. The van der Waals surface area contributed by atoms with Crippen LogP contribution in [0.4, 0.5) is 0 Å². The molecule has 2 aromatic carbocycles. The Bertz CT molecular complexity index is 544. The van der Waals surface area contributed by atoms with Crippen molar-refractivity contribution in [1.29, 1.82) is 0 Å². The SMILES string of the molecule is CCNCCC(C)CCc1c(C)ccc2ccccc12. The highest BCUT2D eigenvalue weighted by Gasteiger charge is 2.07. The van der Waals surface area contributed by atoms with Crippen LogP contribution < -0.4 is 5.32 Å². The molecule has 0 aliphatic rings. The van der Waals surface area contributed by atoms with Gasteiger partial charge in [0.1, 0.15) is 0 Å². The van der Waals surface area contributed by atoms with Crippen molar-refractivity contribution in [2.24, 2.45) is 5.92 Å². The summed E-state index contributed by atoms with van der Waals surface area (Å²) < 4.78 is 0. The highest BCUT2D eigenvalue weighted by molar-refractivity contribution is 5.86. The molecule has 0 fully saturated rings. The summed E-state index contributed by atoms with van der Waals surface area (Å²) in [7, 11) is 0. The molecule has 0 aromatic heterocycles. The molecule has 1 unspecified atom stereocenters. The Morgan fingerprint density at radius 3 is 2.65 bits per heavy atom. The second-order valence-electron chi connectivity index (χ2n) is 5.87. The molecule has 1 nitrogen and oxygen atoms in total. The molecule has 20 heavy (non-hydrogen) atoms. The highest BCUT2D eigenvalue weighted by atomic mass is 14.8. The second kappa shape index (κ2) is 7.44. The van der Waals surface area contributed by atoms with Crippen LogP contribution in [0, 0.1) is 12.8 Å². The van der Waals surface area contributed by atoms with E-state index in [1.807, 2.05) is 0 Å². The van der Waals surface area contributed by atoms with Crippen molar-refractivity contribution in [1.82, 2.24) is 5.32 Å². The number of fused-ring (bicyclic) bond motifs is 1. The molecule has 0 radical (unpaired) electrons. The predicted molar refractivity (Wildman–Crippen MR) is 89.3 cm³/mol. The summed E-state index contributed by atoms with van der Waals surface area (Å²) in [6, 6.07) is 13.3. The lowest BCUT2D eigenvalue weighted by atomic mass is 9.92. The summed E-state index contributed by atoms with van der Waals surface area (Å²) in [6.07, 6.45) is 3.75. The third-order valence-electron chi connectivity index (χ3n) is 4.23. The molecule has 108 valence electrons. The summed E-state index contributed by atoms with van der Waals surface area (Å²) in [5.41, 5.74) is 2.97. The van der Waals surface area contributed by atoms with E-state index < -0.39 is 0 Å². The molecule has 0 bridgehead atoms. The lowest BCUT2D eigenvalue weighted by Gasteiger charge is -2.14. The average Bonchev–Trinajstić information content (AvgIpc) is 2.46. The van der Waals surface area contributed by atoms with E-state index in [4.69, 9.17) is 0 Å². The molecule has 1 heteroatoms. The van der Waals surface area contributed by atoms with E-state index in [9.17, 15) is 0 Å². The largest absolute Gasteiger partial charge is 0.317 e. The van der Waals surface area contributed by atoms with Crippen molar-refractivity contribution in [3.05, 3.63) is 47.5 Å². The van der Waals surface area contributed by atoms with E-state index in [0.717, 1.165) is 19.0 Å². The molecule has 1 N–H and O–H groups in total. The predicted octanol–water partition coefficient (Wildman–Crippen LogP) is 4.72. The van der Waals surface area contributed by atoms with Gasteiger partial charge in [0.15, 0.2) is 0 Å². The van der Waals surface area contributed by atoms with E-state index in [0.29, 0.717) is 0 Å². The van der Waals surface area contributed by atoms with Crippen molar-refractivity contribution in [3.8, 4) is 0 Å².